The SMILES string of the molecule is Cc1nccn1[C@H]1CN[C@@H](CONC(=O)[C@@H]2CC[C@@H]3CN2C(=O)N3OS(=O)(=O)O)C1. The van der Waals surface area contributed by atoms with Crippen molar-refractivity contribution in [3.05, 3.63) is 18.2 Å². The van der Waals surface area contributed by atoms with Crippen molar-refractivity contribution in [2.75, 3.05) is 19.7 Å². The Morgan fingerprint density at radius 2 is 2.20 bits per heavy atom. The lowest BCUT2D eigenvalue weighted by atomic mass is 10.0. The van der Waals surface area contributed by atoms with Crippen molar-refractivity contribution in [1.29, 1.82) is 0 Å². The molecule has 3 aliphatic rings. The summed E-state index contributed by atoms with van der Waals surface area (Å²) in [4.78, 5) is 35.7. The van der Waals surface area contributed by atoms with Crippen molar-refractivity contribution in [2.24, 2.45) is 0 Å². The molecule has 3 aliphatic heterocycles. The fourth-order valence-corrected chi connectivity index (χ4v) is 4.68. The van der Waals surface area contributed by atoms with Gasteiger partial charge >= 0.3 is 16.4 Å². The molecule has 0 unspecified atom stereocenters. The summed E-state index contributed by atoms with van der Waals surface area (Å²) < 4.78 is 37.1. The molecule has 3 fully saturated rings. The number of rotatable bonds is 7. The van der Waals surface area contributed by atoms with E-state index >= 15 is 0 Å². The molecule has 0 aliphatic carbocycles. The first-order valence-corrected chi connectivity index (χ1v) is 11.0. The molecule has 0 aromatic carbocycles. The van der Waals surface area contributed by atoms with Crippen LogP contribution in [0.2, 0.25) is 0 Å². The first-order chi connectivity index (χ1) is 14.2. The second kappa shape index (κ2) is 8.11. The van der Waals surface area contributed by atoms with E-state index in [1.165, 1.54) is 4.90 Å². The molecular formula is C16H24N6O7S. The van der Waals surface area contributed by atoms with Crippen LogP contribution in [0.4, 0.5) is 4.79 Å². The molecule has 0 saturated carbocycles. The highest BCUT2D eigenvalue weighted by molar-refractivity contribution is 7.80. The van der Waals surface area contributed by atoms with Crippen LogP contribution in [0.5, 0.6) is 0 Å². The second-order valence-electron chi connectivity index (χ2n) is 7.66. The van der Waals surface area contributed by atoms with Crippen LogP contribution in [0.15, 0.2) is 12.4 Å². The van der Waals surface area contributed by atoms with Gasteiger partial charge in [0.15, 0.2) is 0 Å². The highest BCUT2D eigenvalue weighted by Gasteiger charge is 2.49. The van der Waals surface area contributed by atoms with Gasteiger partial charge in [-0.1, -0.05) is 0 Å². The summed E-state index contributed by atoms with van der Waals surface area (Å²) in [6, 6.07) is -1.81. The number of piperidine rings is 1. The Bertz CT molecular complexity index is 921. The first kappa shape index (κ1) is 21.0. The molecule has 1 aromatic heterocycles. The molecule has 166 valence electrons. The molecule has 13 nitrogen and oxygen atoms in total. The minimum absolute atomic E-state index is 0.0555. The van der Waals surface area contributed by atoms with Crippen LogP contribution in [0.3, 0.4) is 0 Å². The molecule has 0 radical (unpaired) electrons. The number of carbonyl (C=O) groups is 2. The van der Waals surface area contributed by atoms with Gasteiger partial charge in [0, 0.05) is 37.6 Å². The van der Waals surface area contributed by atoms with Gasteiger partial charge in [-0.15, -0.1) is 4.28 Å². The van der Waals surface area contributed by atoms with Crippen molar-refractivity contribution in [3.8, 4) is 0 Å². The summed E-state index contributed by atoms with van der Waals surface area (Å²) in [5, 5.41) is 3.94. The quantitative estimate of drug-likeness (QED) is 0.360. The molecule has 3 amide bonds. The third-order valence-corrected chi connectivity index (χ3v) is 6.06. The third kappa shape index (κ3) is 4.27. The molecule has 14 heteroatoms. The van der Waals surface area contributed by atoms with Crippen molar-refractivity contribution in [2.45, 2.75) is 50.4 Å². The molecule has 1 aromatic rings. The maximum absolute atomic E-state index is 12.5. The van der Waals surface area contributed by atoms with Gasteiger partial charge in [0.1, 0.15) is 11.9 Å². The van der Waals surface area contributed by atoms with E-state index < -0.39 is 34.4 Å². The Kier molecular flexibility index (Phi) is 5.67. The lowest BCUT2D eigenvalue weighted by molar-refractivity contribution is -0.139. The number of hydrogen-bond acceptors (Lipinski definition) is 8. The average molecular weight is 444 g/mol. The highest BCUT2D eigenvalue weighted by atomic mass is 32.3. The Balaban J connectivity index is 1.25. The second-order valence-corrected chi connectivity index (χ2v) is 8.67. The summed E-state index contributed by atoms with van der Waals surface area (Å²) in [5.74, 6) is 0.449. The lowest BCUT2D eigenvalue weighted by Crippen LogP contribution is -2.50. The summed E-state index contributed by atoms with van der Waals surface area (Å²) in [6.45, 7) is 3.11. The van der Waals surface area contributed by atoms with E-state index in [1.54, 1.807) is 6.20 Å². The molecule has 3 saturated heterocycles. The standard InChI is InChI=1S/C16H24N6O7S/c1-10-17-4-5-20(10)13-6-11(18-7-13)9-28-19-15(23)14-3-2-12-8-21(14)16(24)22(12)29-30(25,26)27/h4-5,11-14,18H,2-3,6-9H2,1H3,(H,19,23)(H,25,26,27)/t11-,12-,13-,14+/m1/s1. The van der Waals surface area contributed by atoms with E-state index in [9.17, 15) is 18.0 Å². The highest BCUT2D eigenvalue weighted by Crippen LogP contribution is 2.30. The van der Waals surface area contributed by atoms with E-state index in [0.29, 0.717) is 17.9 Å². The fraction of sp³-hybridized carbons (Fsp3) is 0.688. The Hall–Kier alpha value is -2.26. The van der Waals surface area contributed by atoms with Gasteiger partial charge in [-0.25, -0.2) is 15.3 Å². The third-order valence-electron chi connectivity index (χ3n) is 5.71. The molecule has 0 spiro atoms. The molecular weight excluding hydrogens is 420 g/mol. The largest absolute Gasteiger partial charge is 0.418 e. The van der Waals surface area contributed by atoms with Crippen LogP contribution in [0, 0.1) is 6.92 Å². The average Bonchev–Trinajstić information content (AvgIpc) is 3.37. The van der Waals surface area contributed by atoms with Gasteiger partial charge in [0.2, 0.25) is 0 Å². The minimum atomic E-state index is -4.82. The van der Waals surface area contributed by atoms with Crippen molar-refractivity contribution < 1.29 is 31.7 Å². The fourth-order valence-electron chi connectivity index (χ4n) is 4.30. The lowest BCUT2D eigenvalue weighted by Gasteiger charge is -2.29. The number of aryl methyl sites for hydroxylation is 1. The smallest absolute Gasteiger partial charge is 0.331 e. The summed E-state index contributed by atoms with van der Waals surface area (Å²) in [6.07, 6.45) is 5.19. The predicted octanol–water partition coefficient (Wildman–Crippen LogP) is -0.855. The number of hydroxylamine groups is 3. The number of hydrogen-bond donors (Lipinski definition) is 3. The number of nitrogens with one attached hydrogen (secondary N) is 2. The first-order valence-electron chi connectivity index (χ1n) is 9.64. The van der Waals surface area contributed by atoms with Gasteiger partial charge in [-0.3, -0.25) is 14.2 Å². The maximum Gasteiger partial charge on any atom is 0.418 e. The van der Waals surface area contributed by atoms with Crippen molar-refractivity contribution in [1.82, 2.24) is 30.3 Å². The van der Waals surface area contributed by atoms with Gasteiger partial charge < -0.3 is 14.8 Å². The monoisotopic (exact) mass is 444 g/mol. The van der Waals surface area contributed by atoms with Crippen LogP contribution in [-0.2, 0) is 24.3 Å². The summed E-state index contributed by atoms with van der Waals surface area (Å²) >= 11 is 0. The van der Waals surface area contributed by atoms with Crippen LogP contribution in [0.25, 0.3) is 0 Å². The number of fused-ring (bicyclic) bond motifs is 2. The van der Waals surface area contributed by atoms with E-state index in [-0.39, 0.29) is 25.2 Å². The van der Waals surface area contributed by atoms with Gasteiger partial charge in [-0.2, -0.15) is 13.5 Å². The Labute approximate surface area is 173 Å². The van der Waals surface area contributed by atoms with Gasteiger partial charge in [-0.05, 0) is 26.2 Å². The van der Waals surface area contributed by atoms with Crippen LogP contribution >= 0.6 is 0 Å². The van der Waals surface area contributed by atoms with Crippen molar-refractivity contribution in [3.63, 3.8) is 0 Å². The van der Waals surface area contributed by atoms with Crippen LogP contribution in [0.1, 0.15) is 31.1 Å². The van der Waals surface area contributed by atoms with E-state index in [1.807, 2.05) is 13.1 Å². The maximum atomic E-state index is 12.5. The van der Waals surface area contributed by atoms with Crippen LogP contribution < -0.4 is 10.8 Å². The predicted molar refractivity (Wildman–Crippen MR) is 99.9 cm³/mol. The van der Waals surface area contributed by atoms with Crippen LogP contribution in [-0.4, -0.2) is 82.2 Å². The topological polar surface area (TPSA) is 155 Å². The Morgan fingerprint density at radius 3 is 2.90 bits per heavy atom. The number of imidazole rings is 1. The number of urea groups is 1. The number of carbonyl (C=O) groups excluding carboxylic acids is 2. The molecule has 4 rings (SSSR count). The number of aromatic nitrogens is 2. The minimum Gasteiger partial charge on any atom is -0.331 e. The summed E-state index contributed by atoms with van der Waals surface area (Å²) in [7, 11) is -4.82. The van der Waals surface area contributed by atoms with E-state index in [2.05, 4.69) is 24.6 Å². The molecule has 3 N–H and O–H groups in total. The van der Waals surface area contributed by atoms with E-state index in [4.69, 9.17) is 9.39 Å². The zero-order chi connectivity index (χ0) is 21.5. The zero-order valence-corrected chi connectivity index (χ0v) is 17.1. The molecule has 30 heavy (non-hydrogen) atoms. The number of nitrogens with zero attached hydrogens (tertiary/aromatic N) is 4. The molecule has 4 atom stereocenters. The Morgan fingerprint density at radius 1 is 1.40 bits per heavy atom. The number of amides is 3. The van der Waals surface area contributed by atoms with Gasteiger partial charge in [0.05, 0.1) is 12.6 Å². The molecule has 2 bridgehead atoms. The van der Waals surface area contributed by atoms with E-state index in [0.717, 1.165) is 18.8 Å². The van der Waals surface area contributed by atoms with Gasteiger partial charge in [0.25, 0.3) is 5.91 Å². The normalized spacial score (nSPS) is 28.9. The zero-order valence-electron chi connectivity index (χ0n) is 16.3. The van der Waals surface area contributed by atoms with Crippen molar-refractivity contribution >= 4 is 22.3 Å². The summed E-state index contributed by atoms with van der Waals surface area (Å²) in [5.41, 5.74) is 2.39. The molecule has 4 heterocycles.